The van der Waals surface area contributed by atoms with Gasteiger partial charge in [0, 0.05) is 23.7 Å². The highest BCUT2D eigenvalue weighted by molar-refractivity contribution is 6.31. The van der Waals surface area contributed by atoms with Crippen LogP contribution in [-0.4, -0.2) is 30.4 Å². The predicted octanol–water partition coefficient (Wildman–Crippen LogP) is 2.85. The Labute approximate surface area is 119 Å². The molecule has 1 aromatic rings. The summed E-state index contributed by atoms with van der Waals surface area (Å²) in [7, 11) is 0. The van der Waals surface area contributed by atoms with Gasteiger partial charge in [0.05, 0.1) is 0 Å². The van der Waals surface area contributed by atoms with Crippen molar-refractivity contribution in [2.75, 3.05) is 19.6 Å². The van der Waals surface area contributed by atoms with Crippen molar-refractivity contribution in [2.24, 2.45) is 11.7 Å². The van der Waals surface area contributed by atoms with Gasteiger partial charge in [0.1, 0.15) is 0 Å². The fraction of sp³-hybridized carbons (Fsp3) is 0.533. The molecule has 2 N–H and O–H groups in total. The highest BCUT2D eigenvalue weighted by atomic mass is 35.5. The van der Waals surface area contributed by atoms with Gasteiger partial charge in [0.2, 0.25) is 0 Å². The summed E-state index contributed by atoms with van der Waals surface area (Å²) in [5, 5.41) is 0.654. The third-order valence-electron chi connectivity index (χ3n) is 3.88. The van der Waals surface area contributed by atoms with Crippen LogP contribution < -0.4 is 5.73 Å². The summed E-state index contributed by atoms with van der Waals surface area (Å²) in [5.41, 5.74) is 7.21. The minimum absolute atomic E-state index is 0.0988. The van der Waals surface area contributed by atoms with Gasteiger partial charge in [0.15, 0.2) is 0 Å². The lowest BCUT2D eigenvalue weighted by atomic mass is 9.94. The van der Waals surface area contributed by atoms with Gasteiger partial charge < -0.3 is 10.6 Å². The van der Waals surface area contributed by atoms with E-state index in [1.807, 2.05) is 30.0 Å². The molecule has 0 radical (unpaired) electrons. The first kappa shape index (κ1) is 14.4. The van der Waals surface area contributed by atoms with E-state index in [9.17, 15) is 4.79 Å². The second-order valence-electron chi connectivity index (χ2n) is 5.25. The number of rotatable bonds is 3. The first-order valence-corrected chi connectivity index (χ1v) is 7.25. The van der Waals surface area contributed by atoms with Crippen molar-refractivity contribution in [3.05, 3.63) is 34.3 Å². The van der Waals surface area contributed by atoms with E-state index in [-0.39, 0.29) is 5.91 Å². The van der Waals surface area contributed by atoms with Crippen molar-refractivity contribution in [3.63, 3.8) is 0 Å². The van der Waals surface area contributed by atoms with Crippen LogP contribution in [0.4, 0.5) is 0 Å². The van der Waals surface area contributed by atoms with Gasteiger partial charge in [-0.2, -0.15) is 0 Å². The summed E-state index contributed by atoms with van der Waals surface area (Å²) in [6.07, 6.45) is 3.24. The van der Waals surface area contributed by atoms with Crippen molar-refractivity contribution in [3.8, 4) is 0 Å². The van der Waals surface area contributed by atoms with E-state index in [4.69, 9.17) is 17.3 Å². The lowest BCUT2D eigenvalue weighted by Crippen LogP contribution is -2.40. The Morgan fingerprint density at radius 1 is 1.53 bits per heavy atom. The third-order valence-corrected chi connectivity index (χ3v) is 4.29. The van der Waals surface area contributed by atoms with Crippen LogP contribution in [0.2, 0.25) is 5.02 Å². The molecule has 0 spiro atoms. The van der Waals surface area contributed by atoms with Crippen LogP contribution in [0.1, 0.15) is 35.2 Å². The minimum Gasteiger partial charge on any atom is -0.338 e. The highest BCUT2D eigenvalue weighted by Crippen LogP contribution is 2.24. The number of hydrogen-bond acceptors (Lipinski definition) is 2. The molecule has 4 heteroatoms. The summed E-state index contributed by atoms with van der Waals surface area (Å²) in [6, 6.07) is 5.51. The molecule has 1 amide bonds. The molecule has 0 aromatic heterocycles. The molecular formula is C15H21ClN2O. The van der Waals surface area contributed by atoms with Gasteiger partial charge in [-0.1, -0.05) is 17.7 Å². The quantitative estimate of drug-likeness (QED) is 0.925. The molecule has 3 nitrogen and oxygen atoms in total. The van der Waals surface area contributed by atoms with E-state index >= 15 is 0 Å². The topological polar surface area (TPSA) is 46.3 Å². The zero-order valence-electron chi connectivity index (χ0n) is 11.4. The van der Waals surface area contributed by atoms with Gasteiger partial charge in [0.25, 0.3) is 5.91 Å². The van der Waals surface area contributed by atoms with Gasteiger partial charge in [-0.15, -0.1) is 0 Å². The number of halogens is 1. The van der Waals surface area contributed by atoms with E-state index in [0.717, 1.165) is 37.1 Å². The number of nitrogens with zero attached hydrogens (tertiary/aromatic N) is 1. The third kappa shape index (κ3) is 3.28. The van der Waals surface area contributed by atoms with E-state index < -0.39 is 0 Å². The maximum atomic E-state index is 12.6. The summed E-state index contributed by atoms with van der Waals surface area (Å²) >= 11 is 6.09. The molecule has 1 aliphatic heterocycles. The molecule has 2 rings (SSSR count). The smallest absolute Gasteiger partial charge is 0.254 e. The Morgan fingerprint density at radius 2 is 2.32 bits per heavy atom. The molecule has 0 aliphatic carbocycles. The minimum atomic E-state index is 0.0988. The largest absolute Gasteiger partial charge is 0.338 e. The molecular weight excluding hydrogens is 260 g/mol. The average molecular weight is 281 g/mol. The second-order valence-corrected chi connectivity index (χ2v) is 5.66. The Bertz CT molecular complexity index is 459. The van der Waals surface area contributed by atoms with E-state index in [1.54, 1.807) is 0 Å². The standard InChI is InChI=1S/C15H21ClN2O/c1-11-13(5-2-6-14(11)16)15(19)18-9-3-4-12(10-18)7-8-17/h2,5-6,12H,3-4,7-10,17H2,1H3. The molecule has 1 saturated heterocycles. The molecule has 1 unspecified atom stereocenters. The van der Waals surface area contributed by atoms with Crippen molar-refractivity contribution in [1.82, 2.24) is 4.90 Å². The zero-order chi connectivity index (χ0) is 13.8. The summed E-state index contributed by atoms with van der Waals surface area (Å²) in [4.78, 5) is 14.5. The number of likely N-dealkylation sites (tertiary alicyclic amines) is 1. The van der Waals surface area contributed by atoms with E-state index in [1.165, 1.54) is 6.42 Å². The summed E-state index contributed by atoms with van der Waals surface area (Å²) in [6.45, 7) is 4.26. The van der Waals surface area contributed by atoms with Gasteiger partial charge >= 0.3 is 0 Å². The fourth-order valence-corrected chi connectivity index (χ4v) is 2.90. The maximum Gasteiger partial charge on any atom is 0.254 e. The van der Waals surface area contributed by atoms with Crippen molar-refractivity contribution in [2.45, 2.75) is 26.2 Å². The number of carbonyl (C=O) groups excluding carboxylic acids is 1. The molecule has 0 bridgehead atoms. The van der Waals surface area contributed by atoms with Crippen LogP contribution in [0.5, 0.6) is 0 Å². The molecule has 1 fully saturated rings. The van der Waals surface area contributed by atoms with Crippen LogP contribution in [0.3, 0.4) is 0 Å². The van der Waals surface area contributed by atoms with E-state index in [2.05, 4.69) is 0 Å². The molecule has 0 saturated carbocycles. The number of carbonyl (C=O) groups is 1. The Kier molecular flexibility index (Phi) is 4.83. The summed E-state index contributed by atoms with van der Waals surface area (Å²) < 4.78 is 0. The van der Waals surface area contributed by atoms with Gasteiger partial charge in [-0.3, -0.25) is 4.79 Å². The second kappa shape index (κ2) is 6.40. The Hall–Kier alpha value is -1.06. The number of nitrogens with two attached hydrogens (primary N) is 1. The zero-order valence-corrected chi connectivity index (χ0v) is 12.1. The lowest BCUT2D eigenvalue weighted by Gasteiger charge is -2.33. The molecule has 1 heterocycles. The number of hydrogen-bond donors (Lipinski definition) is 1. The SMILES string of the molecule is Cc1c(Cl)cccc1C(=O)N1CCCC(CCN)C1. The predicted molar refractivity (Wildman–Crippen MR) is 78.5 cm³/mol. The Balaban J connectivity index is 2.12. The van der Waals surface area contributed by atoms with Crippen LogP contribution in [0.15, 0.2) is 18.2 Å². The number of amides is 1. The number of piperidine rings is 1. The molecule has 1 aromatic carbocycles. The number of benzene rings is 1. The maximum absolute atomic E-state index is 12.6. The lowest BCUT2D eigenvalue weighted by molar-refractivity contribution is 0.0669. The van der Waals surface area contributed by atoms with Crippen LogP contribution in [0.25, 0.3) is 0 Å². The van der Waals surface area contributed by atoms with Crippen molar-refractivity contribution >= 4 is 17.5 Å². The molecule has 1 atom stereocenters. The molecule has 104 valence electrons. The fourth-order valence-electron chi connectivity index (χ4n) is 2.73. The highest BCUT2D eigenvalue weighted by Gasteiger charge is 2.25. The van der Waals surface area contributed by atoms with Crippen molar-refractivity contribution in [1.29, 1.82) is 0 Å². The summed E-state index contributed by atoms with van der Waals surface area (Å²) in [5.74, 6) is 0.643. The van der Waals surface area contributed by atoms with Gasteiger partial charge in [-0.25, -0.2) is 0 Å². The van der Waals surface area contributed by atoms with Crippen LogP contribution in [0, 0.1) is 12.8 Å². The van der Waals surface area contributed by atoms with Crippen molar-refractivity contribution < 1.29 is 4.79 Å². The van der Waals surface area contributed by atoms with E-state index in [0.29, 0.717) is 17.5 Å². The van der Waals surface area contributed by atoms with Crippen LogP contribution in [-0.2, 0) is 0 Å². The molecule has 19 heavy (non-hydrogen) atoms. The van der Waals surface area contributed by atoms with Crippen LogP contribution >= 0.6 is 11.6 Å². The monoisotopic (exact) mass is 280 g/mol. The van der Waals surface area contributed by atoms with Gasteiger partial charge in [-0.05, 0) is 56.3 Å². The normalized spacial score (nSPS) is 19.5. The molecule has 1 aliphatic rings. The average Bonchev–Trinajstić information content (AvgIpc) is 2.42. The Morgan fingerprint density at radius 3 is 3.05 bits per heavy atom. The first-order chi connectivity index (χ1) is 9.13. The first-order valence-electron chi connectivity index (χ1n) is 6.88.